The van der Waals surface area contributed by atoms with Gasteiger partial charge in [-0.2, -0.15) is 0 Å². The SMILES string of the molecule is NC(N)=NCCCC(NC(=O)c1sccc1NS(=O)(=O)c1cc(-c2ccccc2CN2CCC(C(=O)O)CC2)cc2c1OCC2)C(=O)O. The maximum absolute atomic E-state index is 14.0. The molecule has 2 aliphatic heterocycles. The molecule has 0 aliphatic carbocycles. The van der Waals surface area contributed by atoms with Crippen LogP contribution in [0.5, 0.6) is 5.75 Å². The number of likely N-dealkylation sites (tertiary alicyclic amines) is 1. The number of ether oxygens (including phenoxy) is 1. The molecule has 2 aliphatic rings. The Morgan fingerprint density at radius 1 is 1.10 bits per heavy atom. The summed E-state index contributed by atoms with van der Waals surface area (Å²) in [6.07, 6.45) is 2.01. The summed E-state index contributed by atoms with van der Waals surface area (Å²) in [5, 5.41) is 23.0. The number of hydrogen-bond acceptors (Lipinski definition) is 9. The van der Waals surface area contributed by atoms with Crippen molar-refractivity contribution in [3.05, 3.63) is 63.8 Å². The smallest absolute Gasteiger partial charge is 0.326 e. The zero-order chi connectivity index (χ0) is 34.4. The summed E-state index contributed by atoms with van der Waals surface area (Å²) in [4.78, 5) is 42.3. The normalized spacial score (nSPS) is 15.6. The summed E-state index contributed by atoms with van der Waals surface area (Å²) in [7, 11) is -4.29. The largest absolute Gasteiger partial charge is 0.492 e. The lowest BCUT2D eigenvalue weighted by Gasteiger charge is -2.30. The molecule has 0 bridgehead atoms. The van der Waals surface area contributed by atoms with Crippen LogP contribution in [0.4, 0.5) is 5.69 Å². The number of nitrogens with one attached hydrogen (secondary N) is 2. The van der Waals surface area contributed by atoms with Crippen LogP contribution in [0.1, 0.15) is 46.5 Å². The standard InChI is InChI=1S/C32H38N6O8S2/c33-32(34)35-11-3-6-25(31(42)43)36-29(39)28-24(10-15-47-28)37-48(44,45)26-17-22(16-20-9-14-46-27(20)26)23-5-2-1-4-21(23)18-38-12-7-19(8-13-38)30(40)41/h1-2,4-5,10,15-17,19,25,37H,3,6-9,11-14,18H2,(H,36,39)(H,40,41)(H,42,43)(H4,33,34,35). The first-order valence-electron chi connectivity index (χ1n) is 15.5. The number of piperidine rings is 1. The van der Waals surface area contributed by atoms with E-state index in [1.165, 1.54) is 11.4 Å². The molecule has 0 spiro atoms. The Morgan fingerprint density at radius 2 is 1.85 bits per heavy atom. The Hall–Kier alpha value is -4.67. The van der Waals surface area contributed by atoms with Gasteiger partial charge in [-0.05, 0) is 84.6 Å². The van der Waals surface area contributed by atoms with Gasteiger partial charge < -0.3 is 31.7 Å². The second-order valence-electron chi connectivity index (χ2n) is 11.7. The quantitative estimate of drug-likeness (QED) is 0.0815. The molecular weight excluding hydrogens is 661 g/mol. The Bertz CT molecular complexity index is 1810. The highest BCUT2D eigenvalue weighted by atomic mass is 32.2. The average molecular weight is 699 g/mol. The van der Waals surface area contributed by atoms with Crippen molar-refractivity contribution in [2.45, 2.75) is 49.6 Å². The molecule has 3 heterocycles. The zero-order valence-electron chi connectivity index (χ0n) is 26.1. The number of rotatable bonds is 14. The predicted octanol–water partition coefficient (Wildman–Crippen LogP) is 2.68. The number of nitrogens with zero attached hydrogens (tertiary/aromatic N) is 2. The average Bonchev–Trinajstić information content (AvgIpc) is 3.71. The van der Waals surface area contributed by atoms with E-state index < -0.39 is 33.9 Å². The number of anilines is 1. The van der Waals surface area contributed by atoms with E-state index in [2.05, 4.69) is 19.9 Å². The van der Waals surface area contributed by atoms with E-state index in [1.54, 1.807) is 6.07 Å². The maximum atomic E-state index is 14.0. The molecule has 3 aromatic rings. The first-order chi connectivity index (χ1) is 22.9. The lowest BCUT2D eigenvalue weighted by molar-refractivity contribution is -0.143. The summed E-state index contributed by atoms with van der Waals surface area (Å²) >= 11 is 0.970. The summed E-state index contributed by atoms with van der Waals surface area (Å²) < 4.78 is 36.2. The fraction of sp³-hybridized carbons (Fsp3) is 0.375. The van der Waals surface area contributed by atoms with Crippen LogP contribution in [0.3, 0.4) is 0 Å². The van der Waals surface area contributed by atoms with Gasteiger partial charge in [0.05, 0.1) is 18.2 Å². The third-order valence-electron chi connectivity index (χ3n) is 8.36. The van der Waals surface area contributed by atoms with Crippen LogP contribution >= 0.6 is 11.3 Å². The highest BCUT2D eigenvalue weighted by Gasteiger charge is 2.30. The number of benzene rings is 2. The van der Waals surface area contributed by atoms with Gasteiger partial charge in [0.1, 0.15) is 21.6 Å². The molecule has 2 aromatic carbocycles. The molecule has 16 heteroatoms. The molecule has 1 aromatic heterocycles. The molecular formula is C32H38N6O8S2. The predicted molar refractivity (Wildman–Crippen MR) is 181 cm³/mol. The minimum Gasteiger partial charge on any atom is -0.492 e. The molecule has 1 atom stereocenters. The number of carboxylic acids is 2. The van der Waals surface area contributed by atoms with Crippen molar-refractivity contribution in [1.82, 2.24) is 10.2 Å². The van der Waals surface area contributed by atoms with E-state index in [-0.39, 0.29) is 46.1 Å². The minimum absolute atomic E-state index is 0.000203. The van der Waals surface area contributed by atoms with E-state index in [1.807, 2.05) is 30.3 Å². The van der Waals surface area contributed by atoms with Crippen molar-refractivity contribution >= 4 is 50.9 Å². The van der Waals surface area contributed by atoms with Gasteiger partial charge in [-0.15, -0.1) is 11.3 Å². The molecule has 256 valence electrons. The molecule has 48 heavy (non-hydrogen) atoms. The number of carboxylic acid groups (broad SMARTS) is 2. The van der Waals surface area contributed by atoms with Gasteiger partial charge in [-0.3, -0.25) is 24.2 Å². The molecule has 14 nitrogen and oxygen atoms in total. The summed E-state index contributed by atoms with van der Waals surface area (Å²) in [6, 6.07) is 11.4. The molecule has 1 saturated heterocycles. The van der Waals surface area contributed by atoms with E-state index in [4.69, 9.17) is 16.2 Å². The first-order valence-corrected chi connectivity index (χ1v) is 17.8. The van der Waals surface area contributed by atoms with E-state index in [0.29, 0.717) is 57.5 Å². The number of amides is 1. The molecule has 8 N–H and O–H groups in total. The van der Waals surface area contributed by atoms with Gasteiger partial charge in [0.2, 0.25) is 0 Å². The number of hydrogen-bond donors (Lipinski definition) is 6. The molecule has 0 saturated carbocycles. The van der Waals surface area contributed by atoms with Crippen molar-refractivity contribution in [3.8, 4) is 16.9 Å². The lowest BCUT2D eigenvalue weighted by atomic mass is 9.94. The fourth-order valence-electron chi connectivity index (χ4n) is 5.90. The summed E-state index contributed by atoms with van der Waals surface area (Å²) in [5.74, 6) is -2.98. The molecule has 0 radical (unpaired) electrons. The monoisotopic (exact) mass is 698 g/mol. The Kier molecular flexibility index (Phi) is 10.9. The number of aliphatic imine (C=N–C) groups is 1. The second kappa shape index (κ2) is 15.0. The fourth-order valence-corrected chi connectivity index (χ4v) is 8.00. The number of carbonyl (C=O) groups is 3. The highest BCUT2D eigenvalue weighted by Crippen LogP contribution is 2.40. The van der Waals surface area contributed by atoms with Crippen LogP contribution in [-0.4, -0.2) is 79.6 Å². The van der Waals surface area contributed by atoms with E-state index in [0.717, 1.165) is 28.0 Å². The van der Waals surface area contributed by atoms with Crippen molar-refractivity contribution in [1.29, 1.82) is 0 Å². The van der Waals surface area contributed by atoms with Crippen LogP contribution < -0.4 is 26.2 Å². The number of carbonyl (C=O) groups excluding carboxylic acids is 1. The Morgan fingerprint density at radius 3 is 2.56 bits per heavy atom. The summed E-state index contributed by atoms with van der Waals surface area (Å²) in [6.45, 7) is 2.37. The summed E-state index contributed by atoms with van der Waals surface area (Å²) in [5.41, 5.74) is 13.9. The number of nitrogens with two attached hydrogens (primary N) is 2. The van der Waals surface area contributed by atoms with Gasteiger partial charge in [0.15, 0.2) is 5.96 Å². The van der Waals surface area contributed by atoms with Crippen LogP contribution in [0.25, 0.3) is 11.1 Å². The molecule has 1 unspecified atom stereocenters. The topological polar surface area (TPSA) is 227 Å². The van der Waals surface area contributed by atoms with Crippen LogP contribution in [0.15, 0.2) is 57.7 Å². The van der Waals surface area contributed by atoms with E-state index in [9.17, 15) is 33.0 Å². The molecule has 1 fully saturated rings. The minimum atomic E-state index is -4.29. The van der Waals surface area contributed by atoms with Gasteiger partial charge in [0, 0.05) is 19.5 Å². The van der Waals surface area contributed by atoms with Crippen LogP contribution in [-0.2, 0) is 32.6 Å². The van der Waals surface area contributed by atoms with Crippen LogP contribution in [0, 0.1) is 5.92 Å². The number of thiophene rings is 1. The second-order valence-corrected chi connectivity index (χ2v) is 14.3. The molecule has 1 amide bonds. The van der Waals surface area contributed by atoms with Crippen molar-refractivity contribution in [3.63, 3.8) is 0 Å². The van der Waals surface area contributed by atoms with Crippen molar-refractivity contribution in [2.75, 3.05) is 31.0 Å². The van der Waals surface area contributed by atoms with Gasteiger partial charge in [0.25, 0.3) is 15.9 Å². The van der Waals surface area contributed by atoms with Gasteiger partial charge in [-0.25, -0.2) is 13.2 Å². The lowest BCUT2D eigenvalue weighted by Crippen LogP contribution is -2.40. The number of sulfonamides is 1. The first kappa shape index (κ1) is 34.7. The number of guanidine groups is 1. The third-order valence-corrected chi connectivity index (χ3v) is 10.6. The highest BCUT2D eigenvalue weighted by molar-refractivity contribution is 7.92. The number of aliphatic carboxylic acids is 2. The van der Waals surface area contributed by atoms with Crippen molar-refractivity contribution < 1.29 is 37.8 Å². The molecule has 5 rings (SSSR count). The maximum Gasteiger partial charge on any atom is 0.326 e. The zero-order valence-corrected chi connectivity index (χ0v) is 27.7. The van der Waals surface area contributed by atoms with E-state index >= 15 is 0 Å². The van der Waals surface area contributed by atoms with Gasteiger partial charge in [-0.1, -0.05) is 24.3 Å². The Balaban J connectivity index is 1.37. The number of fused-ring (bicyclic) bond motifs is 1. The van der Waals surface area contributed by atoms with Gasteiger partial charge >= 0.3 is 11.9 Å². The van der Waals surface area contributed by atoms with Crippen molar-refractivity contribution in [2.24, 2.45) is 22.4 Å². The Labute approximate surface area is 281 Å². The third kappa shape index (κ3) is 8.24. The van der Waals surface area contributed by atoms with Crippen LogP contribution in [0.2, 0.25) is 0 Å².